The normalized spacial score (nSPS) is 18.5. The van der Waals surface area contributed by atoms with Gasteiger partial charge in [0.25, 0.3) is 0 Å². The van der Waals surface area contributed by atoms with E-state index in [0.29, 0.717) is 16.4 Å². The van der Waals surface area contributed by atoms with E-state index >= 15 is 0 Å². The van der Waals surface area contributed by atoms with Crippen molar-refractivity contribution in [2.45, 2.75) is 38.8 Å². The molecule has 0 aliphatic carbocycles. The molecular formula is C15H18ClN5O. The van der Waals surface area contributed by atoms with Crippen LogP contribution in [0, 0.1) is 0 Å². The second kappa shape index (κ2) is 6.44. The minimum atomic E-state index is 0.0373. The van der Waals surface area contributed by atoms with Gasteiger partial charge in [-0.15, -0.1) is 10.2 Å². The molecule has 22 heavy (non-hydrogen) atoms. The summed E-state index contributed by atoms with van der Waals surface area (Å²) in [6.45, 7) is 3.01. The maximum Gasteiger partial charge on any atom is 0.246 e. The number of hydrogen-bond donors (Lipinski definition) is 0. The van der Waals surface area contributed by atoms with Gasteiger partial charge >= 0.3 is 0 Å². The number of rotatable bonds is 3. The van der Waals surface area contributed by atoms with Crippen molar-refractivity contribution in [1.29, 1.82) is 0 Å². The quantitative estimate of drug-likeness (QED) is 0.871. The SMILES string of the molecule is C[C@H]1CCCCN1C(=O)Cn1nnc(-c2ccccc2Cl)n1. The Labute approximate surface area is 134 Å². The van der Waals surface area contributed by atoms with Gasteiger partial charge in [-0.25, -0.2) is 0 Å². The highest BCUT2D eigenvalue weighted by Gasteiger charge is 2.24. The van der Waals surface area contributed by atoms with Gasteiger partial charge < -0.3 is 4.90 Å². The first-order chi connectivity index (χ1) is 10.6. The molecule has 0 unspecified atom stereocenters. The number of aromatic nitrogens is 4. The Morgan fingerprint density at radius 1 is 1.36 bits per heavy atom. The molecule has 0 saturated carbocycles. The number of tetrazole rings is 1. The third-order valence-electron chi connectivity index (χ3n) is 3.97. The molecule has 6 nitrogen and oxygen atoms in total. The van der Waals surface area contributed by atoms with Crippen molar-refractivity contribution in [1.82, 2.24) is 25.1 Å². The molecular weight excluding hydrogens is 302 g/mol. The van der Waals surface area contributed by atoms with Crippen LogP contribution >= 0.6 is 11.6 Å². The number of amides is 1. The van der Waals surface area contributed by atoms with Gasteiger partial charge in [-0.05, 0) is 43.5 Å². The molecule has 1 aliphatic heterocycles. The molecule has 1 saturated heterocycles. The summed E-state index contributed by atoms with van der Waals surface area (Å²) in [5, 5.41) is 12.8. The molecule has 3 rings (SSSR count). The summed E-state index contributed by atoms with van der Waals surface area (Å²) in [7, 11) is 0. The summed E-state index contributed by atoms with van der Waals surface area (Å²) in [4.78, 5) is 15.6. The van der Waals surface area contributed by atoms with E-state index in [4.69, 9.17) is 11.6 Å². The first kappa shape index (κ1) is 15.0. The standard InChI is InChI=1S/C15H18ClN5O/c1-11-6-4-5-9-20(11)14(22)10-21-18-15(17-19-21)12-7-2-3-8-13(12)16/h2-3,7-8,11H,4-6,9-10H2,1H3/t11-/m0/s1. The van der Waals surface area contributed by atoms with Gasteiger partial charge in [0, 0.05) is 18.2 Å². The average molecular weight is 320 g/mol. The number of halogens is 1. The van der Waals surface area contributed by atoms with E-state index in [-0.39, 0.29) is 18.5 Å². The van der Waals surface area contributed by atoms with E-state index < -0.39 is 0 Å². The third-order valence-corrected chi connectivity index (χ3v) is 4.30. The molecule has 1 fully saturated rings. The van der Waals surface area contributed by atoms with E-state index in [2.05, 4.69) is 22.3 Å². The molecule has 0 spiro atoms. The van der Waals surface area contributed by atoms with Crippen LogP contribution in [0.1, 0.15) is 26.2 Å². The number of carbonyl (C=O) groups excluding carboxylic acids is 1. The van der Waals surface area contributed by atoms with Crippen LogP contribution in [0.2, 0.25) is 5.02 Å². The van der Waals surface area contributed by atoms with E-state index in [1.54, 1.807) is 6.07 Å². The Bertz CT molecular complexity index is 671. The monoisotopic (exact) mass is 319 g/mol. The number of piperidine rings is 1. The zero-order valence-electron chi connectivity index (χ0n) is 12.4. The molecule has 2 aromatic rings. The van der Waals surface area contributed by atoms with Crippen LogP contribution in [0.4, 0.5) is 0 Å². The predicted molar refractivity (Wildman–Crippen MR) is 83.3 cm³/mol. The molecule has 1 aromatic heterocycles. The van der Waals surface area contributed by atoms with E-state index in [0.717, 1.165) is 19.4 Å². The molecule has 0 radical (unpaired) electrons. The third kappa shape index (κ3) is 3.11. The van der Waals surface area contributed by atoms with E-state index in [9.17, 15) is 4.79 Å². The summed E-state index contributed by atoms with van der Waals surface area (Å²) >= 11 is 6.12. The Kier molecular flexibility index (Phi) is 4.38. The van der Waals surface area contributed by atoms with Gasteiger partial charge in [0.05, 0.1) is 5.02 Å². The fraction of sp³-hybridized carbons (Fsp3) is 0.467. The largest absolute Gasteiger partial charge is 0.338 e. The molecule has 1 atom stereocenters. The van der Waals surface area contributed by atoms with Gasteiger partial charge in [-0.1, -0.05) is 23.7 Å². The van der Waals surface area contributed by atoms with Crippen LogP contribution in [0.5, 0.6) is 0 Å². The van der Waals surface area contributed by atoms with Crippen molar-refractivity contribution in [2.75, 3.05) is 6.54 Å². The molecule has 7 heteroatoms. The fourth-order valence-corrected chi connectivity index (χ4v) is 2.96. The second-order valence-electron chi connectivity index (χ2n) is 5.56. The zero-order chi connectivity index (χ0) is 15.5. The Morgan fingerprint density at radius 3 is 2.95 bits per heavy atom. The summed E-state index contributed by atoms with van der Waals surface area (Å²) < 4.78 is 0. The van der Waals surface area contributed by atoms with Crippen LogP contribution < -0.4 is 0 Å². The number of hydrogen-bond acceptors (Lipinski definition) is 4. The Hall–Kier alpha value is -1.95. The van der Waals surface area contributed by atoms with Gasteiger partial charge in [0.15, 0.2) is 0 Å². The predicted octanol–water partition coefficient (Wildman–Crippen LogP) is 2.39. The molecule has 1 amide bonds. The number of likely N-dealkylation sites (tertiary alicyclic amines) is 1. The first-order valence-electron chi connectivity index (χ1n) is 7.47. The highest BCUT2D eigenvalue weighted by atomic mass is 35.5. The zero-order valence-corrected chi connectivity index (χ0v) is 13.2. The van der Waals surface area contributed by atoms with Crippen LogP contribution in [-0.2, 0) is 11.3 Å². The minimum Gasteiger partial charge on any atom is -0.338 e. The minimum absolute atomic E-state index is 0.0373. The maximum atomic E-state index is 12.4. The van der Waals surface area contributed by atoms with Crippen molar-refractivity contribution in [2.24, 2.45) is 0 Å². The smallest absolute Gasteiger partial charge is 0.246 e. The number of nitrogens with zero attached hydrogens (tertiary/aromatic N) is 5. The number of benzene rings is 1. The summed E-state index contributed by atoms with van der Waals surface area (Å²) in [6, 6.07) is 7.60. The number of carbonyl (C=O) groups is 1. The lowest BCUT2D eigenvalue weighted by atomic mass is 10.0. The van der Waals surface area contributed by atoms with E-state index in [1.165, 1.54) is 11.2 Å². The molecule has 2 heterocycles. The molecule has 0 N–H and O–H groups in total. The van der Waals surface area contributed by atoms with Crippen LogP contribution in [-0.4, -0.2) is 43.6 Å². The van der Waals surface area contributed by atoms with Gasteiger partial charge in [0.1, 0.15) is 6.54 Å². The Balaban J connectivity index is 1.72. The van der Waals surface area contributed by atoms with Crippen LogP contribution in [0.15, 0.2) is 24.3 Å². The molecule has 116 valence electrons. The van der Waals surface area contributed by atoms with Crippen molar-refractivity contribution in [3.05, 3.63) is 29.3 Å². The second-order valence-corrected chi connectivity index (χ2v) is 5.96. The Morgan fingerprint density at radius 2 is 2.18 bits per heavy atom. The summed E-state index contributed by atoms with van der Waals surface area (Å²) in [6.07, 6.45) is 3.30. The van der Waals surface area contributed by atoms with Crippen molar-refractivity contribution < 1.29 is 4.79 Å². The summed E-state index contributed by atoms with van der Waals surface area (Å²) in [5.74, 6) is 0.473. The lowest BCUT2D eigenvalue weighted by Crippen LogP contribution is -2.43. The molecule has 1 aliphatic rings. The van der Waals surface area contributed by atoms with Gasteiger partial charge in [0.2, 0.25) is 11.7 Å². The molecule has 0 bridgehead atoms. The first-order valence-corrected chi connectivity index (χ1v) is 7.85. The van der Waals surface area contributed by atoms with Gasteiger partial charge in [-0.3, -0.25) is 4.79 Å². The average Bonchev–Trinajstić information content (AvgIpc) is 2.96. The van der Waals surface area contributed by atoms with E-state index in [1.807, 2.05) is 23.1 Å². The van der Waals surface area contributed by atoms with Gasteiger partial charge in [-0.2, -0.15) is 4.80 Å². The lowest BCUT2D eigenvalue weighted by Gasteiger charge is -2.33. The van der Waals surface area contributed by atoms with Crippen LogP contribution in [0.25, 0.3) is 11.4 Å². The lowest BCUT2D eigenvalue weighted by molar-refractivity contribution is -0.135. The van der Waals surface area contributed by atoms with Crippen molar-refractivity contribution >= 4 is 17.5 Å². The fourth-order valence-electron chi connectivity index (χ4n) is 2.74. The maximum absolute atomic E-state index is 12.4. The summed E-state index contributed by atoms with van der Waals surface area (Å²) in [5.41, 5.74) is 0.717. The highest BCUT2D eigenvalue weighted by molar-refractivity contribution is 6.33. The molecule has 1 aromatic carbocycles. The van der Waals surface area contributed by atoms with Crippen molar-refractivity contribution in [3.8, 4) is 11.4 Å². The topological polar surface area (TPSA) is 63.9 Å². The van der Waals surface area contributed by atoms with Crippen LogP contribution in [0.3, 0.4) is 0 Å². The van der Waals surface area contributed by atoms with Crippen molar-refractivity contribution in [3.63, 3.8) is 0 Å². The highest BCUT2D eigenvalue weighted by Crippen LogP contribution is 2.23.